The first-order chi connectivity index (χ1) is 11.4. The van der Waals surface area contributed by atoms with Crippen LogP contribution >= 0.6 is 0 Å². The number of rotatable bonds is 7. The maximum atomic E-state index is 12.4. The summed E-state index contributed by atoms with van der Waals surface area (Å²) < 4.78 is 12.6. The van der Waals surface area contributed by atoms with Crippen LogP contribution in [-0.4, -0.2) is 47.9 Å². The highest BCUT2D eigenvalue weighted by molar-refractivity contribution is 5.79. The number of hydrogen-bond acceptors (Lipinski definition) is 4. The quantitative estimate of drug-likeness (QED) is 0.780. The third kappa shape index (κ3) is 4.28. The van der Waals surface area contributed by atoms with Crippen molar-refractivity contribution in [3.05, 3.63) is 41.2 Å². The number of nitrogens with zero attached hydrogens (tertiary/aromatic N) is 3. The van der Waals surface area contributed by atoms with E-state index in [9.17, 15) is 4.79 Å². The third-order valence-electron chi connectivity index (χ3n) is 4.17. The Balaban J connectivity index is 1.83. The minimum atomic E-state index is 0.0625. The molecule has 0 aliphatic heterocycles. The summed E-state index contributed by atoms with van der Waals surface area (Å²) in [6.45, 7) is 4.89. The van der Waals surface area contributed by atoms with E-state index in [-0.39, 0.29) is 5.91 Å². The molecule has 0 atom stereocenters. The van der Waals surface area contributed by atoms with Crippen molar-refractivity contribution in [3.63, 3.8) is 0 Å². The molecule has 0 saturated carbocycles. The number of carbonyl (C=O) groups is 1. The van der Waals surface area contributed by atoms with E-state index in [2.05, 4.69) is 5.10 Å². The first-order valence-electron chi connectivity index (χ1n) is 7.92. The second-order valence-corrected chi connectivity index (χ2v) is 5.79. The smallest absolute Gasteiger partial charge is 0.226 e. The summed E-state index contributed by atoms with van der Waals surface area (Å²) in [7, 11) is 5.31. The first-order valence-corrected chi connectivity index (χ1v) is 7.92. The van der Waals surface area contributed by atoms with E-state index in [1.165, 1.54) is 0 Å². The molecule has 0 unspecified atom stereocenters. The summed E-state index contributed by atoms with van der Waals surface area (Å²) in [5, 5.41) is 4.35. The van der Waals surface area contributed by atoms with Gasteiger partial charge in [0.05, 0.1) is 25.8 Å². The number of hydrogen-bond donors (Lipinski definition) is 0. The van der Waals surface area contributed by atoms with Crippen LogP contribution in [0.3, 0.4) is 0 Å². The standard InChI is InChI=1S/C18H25N3O3/c1-13-17(14(2)21(4)19-13)12-18(22)20(3)10-11-24-16-8-6-15(23-5)7-9-16/h6-9H,10-12H2,1-5H3. The molecule has 1 amide bonds. The molecule has 0 aliphatic rings. The SMILES string of the molecule is COc1ccc(OCCN(C)C(=O)Cc2c(C)nn(C)c2C)cc1. The van der Waals surface area contributed by atoms with E-state index in [0.717, 1.165) is 28.5 Å². The van der Waals surface area contributed by atoms with Crippen LogP contribution in [0.25, 0.3) is 0 Å². The molecule has 1 aromatic carbocycles. The van der Waals surface area contributed by atoms with Crippen molar-refractivity contribution in [3.8, 4) is 11.5 Å². The molecule has 2 rings (SSSR count). The maximum absolute atomic E-state index is 12.4. The summed E-state index contributed by atoms with van der Waals surface area (Å²) in [5.41, 5.74) is 2.94. The van der Waals surface area contributed by atoms with Crippen molar-refractivity contribution in [2.45, 2.75) is 20.3 Å². The fourth-order valence-electron chi connectivity index (χ4n) is 2.46. The predicted molar refractivity (Wildman–Crippen MR) is 92.5 cm³/mol. The van der Waals surface area contributed by atoms with Gasteiger partial charge in [0.25, 0.3) is 0 Å². The molecule has 0 radical (unpaired) electrons. The van der Waals surface area contributed by atoms with Crippen molar-refractivity contribution >= 4 is 5.91 Å². The minimum Gasteiger partial charge on any atom is -0.497 e. The van der Waals surface area contributed by atoms with Gasteiger partial charge in [-0.1, -0.05) is 0 Å². The lowest BCUT2D eigenvalue weighted by Crippen LogP contribution is -2.32. The molecule has 0 fully saturated rings. The molecule has 1 heterocycles. The van der Waals surface area contributed by atoms with E-state index in [1.54, 1.807) is 19.1 Å². The molecule has 130 valence electrons. The molecule has 6 heteroatoms. The number of benzene rings is 1. The van der Waals surface area contributed by atoms with Gasteiger partial charge in [-0.05, 0) is 38.1 Å². The van der Waals surface area contributed by atoms with Gasteiger partial charge in [-0.25, -0.2) is 0 Å². The molecule has 1 aromatic heterocycles. The third-order valence-corrected chi connectivity index (χ3v) is 4.17. The van der Waals surface area contributed by atoms with Crippen LogP contribution in [-0.2, 0) is 18.3 Å². The van der Waals surface area contributed by atoms with Crippen molar-refractivity contribution in [2.75, 3.05) is 27.3 Å². The van der Waals surface area contributed by atoms with Crippen molar-refractivity contribution < 1.29 is 14.3 Å². The Morgan fingerprint density at radius 1 is 1.21 bits per heavy atom. The fraction of sp³-hybridized carbons (Fsp3) is 0.444. The Morgan fingerprint density at radius 3 is 2.38 bits per heavy atom. The average molecular weight is 331 g/mol. The molecule has 0 aliphatic carbocycles. The highest BCUT2D eigenvalue weighted by Gasteiger charge is 2.16. The van der Waals surface area contributed by atoms with Crippen LogP contribution in [0.4, 0.5) is 0 Å². The molecule has 0 saturated heterocycles. The Morgan fingerprint density at radius 2 is 1.83 bits per heavy atom. The van der Waals surface area contributed by atoms with Gasteiger partial charge in [0.2, 0.25) is 5.91 Å². The van der Waals surface area contributed by atoms with E-state index < -0.39 is 0 Å². The Hall–Kier alpha value is -2.50. The van der Waals surface area contributed by atoms with Gasteiger partial charge >= 0.3 is 0 Å². The summed E-state index contributed by atoms with van der Waals surface area (Å²) in [6, 6.07) is 7.39. The number of carbonyl (C=O) groups excluding carboxylic acids is 1. The molecule has 0 bridgehead atoms. The summed E-state index contributed by atoms with van der Waals surface area (Å²) >= 11 is 0. The van der Waals surface area contributed by atoms with Gasteiger partial charge < -0.3 is 14.4 Å². The maximum Gasteiger partial charge on any atom is 0.226 e. The Labute approximate surface area is 143 Å². The van der Waals surface area contributed by atoms with E-state index in [1.807, 2.05) is 49.8 Å². The highest BCUT2D eigenvalue weighted by Crippen LogP contribution is 2.17. The van der Waals surface area contributed by atoms with E-state index in [4.69, 9.17) is 9.47 Å². The molecule has 6 nitrogen and oxygen atoms in total. The Bertz CT molecular complexity index is 692. The zero-order valence-corrected chi connectivity index (χ0v) is 15.0. The zero-order chi connectivity index (χ0) is 17.7. The largest absolute Gasteiger partial charge is 0.497 e. The van der Waals surface area contributed by atoms with Gasteiger partial charge in [-0.2, -0.15) is 5.10 Å². The highest BCUT2D eigenvalue weighted by atomic mass is 16.5. The molecule has 2 aromatic rings. The van der Waals surface area contributed by atoms with E-state index in [0.29, 0.717) is 19.6 Å². The van der Waals surface area contributed by atoms with Crippen LogP contribution in [0.2, 0.25) is 0 Å². The van der Waals surface area contributed by atoms with Crippen molar-refractivity contribution in [1.29, 1.82) is 0 Å². The summed E-state index contributed by atoms with van der Waals surface area (Å²) in [4.78, 5) is 14.1. The average Bonchev–Trinajstić information content (AvgIpc) is 2.81. The fourth-order valence-corrected chi connectivity index (χ4v) is 2.46. The molecule has 24 heavy (non-hydrogen) atoms. The van der Waals surface area contributed by atoms with Crippen LogP contribution in [0.15, 0.2) is 24.3 Å². The normalized spacial score (nSPS) is 10.5. The zero-order valence-electron chi connectivity index (χ0n) is 15.0. The molecule has 0 N–H and O–H groups in total. The number of aryl methyl sites for hydroxylation is 2. The lowest BCUT2D eigenvalue weighted by molar-refractivity contribution is -0.129. The van der Waals surface area contributed by atoms with Crippen molar-refractivity contribution in [1.82, 2.24) is 14.7 Å². The lowest BCUT2D eigenvalue weighted by Gasteiger charge is -2.17. The van der Waals surface area contributed by atoms with Crippen LogP contribution in [0.1, 0.15) is 17.0 Å². The van der Waals surface area contributed by atoms with Gasteiger partial charge in [0.1, 0.15) is 18.1 Å². The Kier molecular flexibility index (Phi) is 5.84. The monoisotopic (exact) mass is 331 g/mol. The van der Waals surface area contributed by atoms with Crippen LogP contribution < -0.4 is 9.47 Å². The minimum absolute atomic E-state index is 0.0625. The second kappa shape index (κ2) is 7.86. The van der Waals surface area contributed by atoms with Crippen LogP contribution in [0, 0.1) is 13.8 Å². The second-order valence-electron chi connectivity index (χ2n) is 5.79. The number of amides is 1. The van der Waals surface area contributed by atoms with Crippen LogP contribution in [0.5, 0.6) is 11.5 Å². The summed E-state index contributed by atoms with van der Waals surface area (Å²) in [5.74, 6) is 1.61. The van der Waals surface area contributed by atoms with E-state index >= 15 is 0 Å². The summed E-state index contributed by atoms with van der Waals surface area (Å²) in [6.07, 6.45) is 0.366. The van der Waals surface area contributed by atoms with Crippen molar-refractivity contribution in [2.24, 2.45) is 7.05 Å². The molecule has 0 spiro atoms. The van der Waals surface area contributed by atoms with Gasteiger partial charge in [-0.3, -0.25) is 9.48 Å². The lowest BCUT2D eigenvalue weighted by atomic mass is 10.1. The van der Waals surface area contributed by atoms with Gasteiger partial charge in [-0.15, -0.1) is 0 Å². The molecular weight excluding hydrogens is 306 g/mol. The number of ether oxygens (including phenoxy) is 2. The molecular formula is C18H25N3O3. The van der Waals surface area contributed by atoms with Gasteiger partial charge in [0, 0.05) is 25.4 Å². The topological polar surface area (TPSA) is 56.6 Å². The predicted octanol–water partition coefficient (Wildman–Crippen LogP) is 2.13. The van der Waals surface area contributed by atoms with Gasteiger partial charge in [0.15, 0.2) is 0 Å². The first kappa shape index (κ1) is 17.8. The number of aromatic nitrogens is 2. The number of likely N-dealkylation sites (N-methyl/N-ethyl adjacent to an activating group) is 1. The number of methoxy groups -OCH3 is 1.